The number of aromatic nitrogens is 1. The van der Waals surface area contributed by atoms with Crippen molar-refractivity contribution in [3.63, 3.8) is 0 Å². The van der Waals surface area contributed by atoms with Gasteiger partial charge in [-0.15, -0.1) is 0 Å². The Kier molecular flexibility index (Phi) is 7.90. The number of carboxylic acid groups (broad SMARTS) is 1. The van der Waals surface area contributed by atoms with E-state index in [0.29, 0.717) is 12.1 Å². The number of nitrogens with one attached hydrogen (secondary N) is 1. The van der Waals surface area contributed by atoms with Crippen molar-refractivity contribution in [2.45, 2.75) is 24.8 Å². The SMILES string of the molecule is Cn1c(=O)c(-c2cccc3c(C[C@H](NC(=O)c4c(F)cccc4C(F)(F)F)C(=O)O)cccc23)c(C(F)(F)F)c2ccccc21. The lowest BCUT2D eigenvalue weighted by atomic mass is 9.90. The predicted octanol–water partition coefficient (Wildman–Crippen LogP) is 6.96. The number of benzene rings is 4. The molecule has 13 heteroatoms. The zero-order valence-electron chi connectivity index (χ0n) is 23.1. The lowest BCUT2D eigenvalue weighted by Gasteiger charge is -2.20. The lowest BCUT2D eigenvalue weighted by Crippen LogP contribution is -2.43. The van der Waals surface area contributed by atoms with Crippen molar-refractivity contribution in [1.29, 1.82) is 0 Å². The summed E-state index contributed by atoms with van der Waals surface area (Å²) in [5.74, 6) is -4.80. The van der Waals surface area contributed by atoms with E-state index < -0.39 is 70.3 Å². The standard InChI is InChI=1S/C32H21F7N2O4/c1-41-24-14-3-2-8-20(24)27(32(37,38)39)25(29(41)43)19-11-5-9-17-16(7-4-10-18(17)19)15-23(30(44)45)40-28(42)26-21(31(34,35)36)12-6-13-22(26)33/h2-14,23H,15H2,1H3,(H,40,42)(H,44,45)/t23-/m0/s1. The first-order chi connectivity index (χ1) is 21.1. The van der Waals surface area contributed by atoms with Crippen molar-refractivity contribution < 1.29 is 45.4 Å². The van der Waals surface area contributed by atoms with E-state index in [1.54, 1.807) is 0 Å². The topological polar surface area (TPSA) is 88.4 Å². The van der Waals surface area contributed by atoms with Gasteiger partial charge < -0.3 is 15.0 Å². The van der Waals surface area contributed by atoms with Crippen molar-refractivity contribution in [2.24, 2.45) is 7.05 Å². The number of fused-ring (bicyclic) bond motifs is 2. The molecule has 0 bridgehead atoms. The molecule has 4 aromatic carbocycles. The summed E-state index contributed by atoms with van der Waals surface area (Å²) in [4.78, 5) is 38.4. The molecule has 0 radical (unpaired) electrons. The fourth-order valence-corrected chi connectivity index (χ4v) is 5.45. The number of aryl methyl sites for hydroxylation is 1. The Morgan fingerprint density at radius 3 is 2.11 bits per heavy atom. The summed E-state index contributed by atoms with van der Waals surface area (Å²) in [6, 6.07) is 13.9. The summed E-state index contributed by atoms with van der Waals surface area (Å²) in [5, 5.41) is 11.9. The van der Waals surface area contributed by atoms with Gasteiger partial charge in [0.1, 0.15) is 11.9 Å². The van der Waals surface area contributed by atoms with E-state index in [1.165, 1.54) is 67.7 Å². The van der Waals surface area contributed by atoms with Gasteiger partial charge >= 0.3 is 18.3 Å². The molecule has 0 fully saturated rings. The Labute approximate surface area is 249 Å². The Morgan fingerprint density at radius 2 is 1.44 bits per heavy atom. The molecule has 45 heavy (non-hydrogen) atoms. The van der Waals surface area contributed by atoms with Crippen LogP contribution in [0.5, 0.6) is 0 Å². The fraction of sp³-hybridized carbons (Fsp3) is 0.156. The van der Waals surface area contributed by atoms with Gasteiger partial charge in [-0.25, -0.2) is 9.18 Å². The number of alkyl halides is 6. The van der Waals surface area contributed by atoms with Gasteiger partial charge in [-0.3, -0.25) is 9.59 Å². The Hall–Kier alpha value is -5.20. The highest BCUT2D eigenvalue weighted by atomic mass is 19.4. The van der Waals surface area contributed by atoms with E-state index in [4.69, 9.17) is 0 Å². The monoisotopic (exact) mass is 630 g/mol. The Bertz CT molecular complexity index is 2050. The van der Waals surface area contributed by atoms with Gasteiger partial charge in [0, 0.05) is 18.9 Å². The van der Waals surface area contributed by atoms with E-state index in [1.807, 2.05) is 5.32 Å². The number of hydrogen-bond donors (Lipinski definition) is 2. The average Bonchev–Trinajstić information content (AvgIpc) is 2.97. The van der Waals surface area contributed by atoms with Crippen LogP contribution < -0.4 is 10.9 Å². The van der Waals surface area contributed by atoms with Gasteiger partial charge in [0.2, 0.25) is 0 Å². The molecule has 1 aromatic heterocycles. The molecular weight excluding hydrogens is 609 g/mol. The molecule has 6 nitrogen and oxygen atoms in total. The quantitative estimate of drug-likeness (QED) is 0.199. The second-order valence-electron chi connectivity index (χ2n) is 10.2. The van der Waals surface area contributed by atoms with E-state index in [9.17, 15) is 50.2 Å². The van der Waals surface area contributed by atoms with Gasteiger partial charge in [0.25, 0.3) is 11.5 Å². The number of nitrogens with zero attached hydrogens (tertiary/aromatic N) is 1. The van der Waals surface area contributed by atoms with Crippen LogP contribution in [0.15, 0.2) is 83.7 Å². The zero-order chi connectivity index (χ0) is 32.8. The lowest BCUT2D eigenvalue weighted by molar-refractivity contribution is -0.139. The normalized spacial score (nSPS) is 12.8. The summed E-state index contributed by atoms with van der Waals surface area (Å²) < 4.78 is 99.6. The summed E-state index contributed by atoms with van der Waals surface area (Å²) in [6.45, 7) is 0. The number of amides is 1. The smallest absolute Gasteiger partial charge is 0.417 e. The second-order valence-corrected chi connectivity index (χ2v) is 10.2. The van der Waals surface area contributed by atoms with Crippen molar-refractivity contribution in [1.82, 2.24) is 9.88 Å². The molecular formula is C32H21F7N2O4. The number of carbonyl (C=O) groups is 2. The van der Waals surface area contributed by atoms with Gasteiger partial charge in [0.05, 0.1) is 27.8 Å². The minimum Gasteiger partial charge on any atom is -0.480 e. The third kappa shape index (κ3) is 5.73. The van der Waals surface area contributed by atoms with Crippen molar-refractivity contribution in [3.05, 3.63) is 117 Å². The molecule has 5 aromatic rings. The highest BCUT2D eigenvalue weighted by molar-refractivity contribution is 6.02. The van der Waals surface area contributed by atoms with Gasteiger partial charge in [-0.2, -0.15) is 26.3 Å². The molecule has 1 heterocycles. The number of rotatable bonds is 6. The summed E-state index contributed by atoms with van der Waals surface area (Å²) >= 11 is 0. The highest BCUT2D eigenvalue weighted by Gasteiger charge is 2.39. The number of pyridine rings is 1. The number of aliphatic carboxylic acids is 1. The molecule has 1 amide bonds. The zero-order valence-corrected chi connectivity index (χ0v) is 23.1. The first-order valence-electron chi connectivity index (χ1n) is 13.2. The molecule has 0 saturated carbocycles. The van der Waals surface area contributed by atoms with Gasteiger partial charge in [-0.05, 0) is 40.1 Å². The molecule has 5 rings (SSSR count). The number of para-hydroxylation sites is 1. The fourth-order valence-electron chi connectivity index (χ4n) is 5.45. The third-order valence-electron chi connectivity index (χ3n) is 7.44. The molecule has 0 aliphatic rings. The number of halogens is 7. The molecule has 2 N–H and O–H groups in total. The minimum atomic E-state index is -5.12. The summed E-state index contributed by atoms with van der Waals surface area (Å²) in [6.07, 6.45) is -10.6. The summed E-state index contributed by atoms with van der Waals surface area (Å²) in [7, 11) is 1.34. The molecule has 0 saturated heterocycles. The van der Waals surface area contributed by atoms with Crippen LogP contribution in [-0.2, 0) is 30.6 Å². The van der Waals surface area contributed by atoms with Crippen molar-refractivity contribution >= 4 is 33.6 Å². The van der Waals surface area contributed by atoms with Crippen LogP contribution in [0, 0.1) is 5.82 Å². The first kappa shape index (κ1) is 31.2. The maximum absolute atomic E-state index is 14.6. The summed E-state index contributed by atoms with van der Waals surface area (Å²) in [5.41, 5.74) is -5.56. The van der Waals surface area contributed by atoms with E-state index in [2.05, 4.69) is 0 Å². The second kappa shape index (κ2) is 11.4. The first-order valence-corrected chi connectivity index (χ1v) is 13.2. The minimum absolute atomic E-state index is 0.0584. The predicted molar refractivity (Wildman–Crippen MR) is 151 cm³/mol. The van der Waals surface area contributed by atoms with Crippen LogP contribution in [0.4, 0.5) is 30.7 Å². The van der Waals surface area contributed by atoms with Gasteiger partial charge in [0.15, 0.2) is 0 Å². The van der Waals surface area contributed by atoms with Crippen molar-refractivity contribution in [3.8, 4) is 11.1 Å². The van der Waals surface area contributed by atoms with Gasteiger partial charge in [-0.1, -0.05) is 60.7 Å². The molecule has 0 aliphatic heterocycles. The third-order valence-corrected chi connectivity index (χ3v) is 7.44. The van der Waals surface area contributed by atoms with E-state index in [0.717, 1.165) is 10.6 Å². The number of hydrogen-bond acceptors (Lipinski definition) is 3. The maximum atomic E-state index is 14.6. The largest absolute Gasteiger partial charge is 0.480 e. The highest BCUT2D eigenvalue weighted by Crippen LogP contribution is 2.42. The molecule has 232 valence electrons. The van der Waals surface area contributed by atoms with Crippen LogP contribution in [0.2, 0.25) is 0 Å². The van der Waals surface area contributed by atoms with Crippen molar-refractivity contribution in [2.75, 3.05) is 0 Å². The number of carbonyl (C=O) groups excluding carboxylic acids is 1. The Balaban J connectivity index is 1.63. The molecule has 0 unspecified atom stereocenters. The van der Waals surface area contributed by atoms with Crippen LogP contribution in [-0.4, -0.2) is 27.6 Å². The maximum Gasteiger partial charge on any atom is 0.417 e. The molecule has 0 aliphatic carbocycles. The van der Waals surface area contributed by atoms with Crippen LogP contribution >= 0.6 is 0 Å². The number of carboxylic acids is 1. The van der Waals surface area contributed by atoms with E-state index in [-0.39, 0.29) is 32.8 Å². The van der Waals surface area contributed by atoms with Crippen LogP contribution in [0.1, 0.15) is 27.0 Å². The Morgan fingerprint density at radius 1 is 0.822 bits per heavy atom. The van der Waals surface area contributed by atoms with Crippen LogP contribution in [0.3, 0.4) is 0 Å². The average molecular weight is 631 g/mol. The molecule has 1 atom stereocenters. The van der Waals surface area contributed by atoms with E-state index >= 15 is 0 Å². The van der Waals surface area contributed by atoms with Crippen LogP contribution in [0.25, 0.3) is 32.8 Å². The molecule has 0 spiro atoms.